The van der Waals surface area contributed by atoms with Crippen molar-refractivity contribution < 1.29 is 24.2 Å². The maximum Gasteiger partial charge on any atom is 0.326 e. The zero-order valence-corrected chi connectivity index (χ0v) is 19.1. The molecule has 8 heteroatoms. The monoisotopic (exact) mass is 488 g/mol. The Balaban J connectivity index is 2.30. The van der Waals surface area contributed by atoms with Crippen LogP contribution < -0.4 is 15.4 Å². The van der Waals surface area contributed by atoms with Crippen LogP contribution in [0.15, 0.2) is 58.7 Å². The molecule has 2 aromatic rings. The number of hydrogen-bond acceptors (Lipinski definition) is 4. The first-order chi connectivity index (χ1) is 14.7. The van der Waals surface area contributed by atoms with Crippen molar-refractivity contribution in [3.05, 3.63) is 69.8 Å². The topological polar surface area (TPSA) is 105 Å². The molecule has 0 aliphatic carbocycles. The number of rotatable bonds is 9. The molecule has 0 bridgehead atoms. The van der Waals surface area contributed by atoms with Gasteiger partial charge in [0, 0.05) is 10.0 Å². The number of amides is 2. The van der Waals surface area contributed by atoms with Crippen LogP contribution in [-0.2, 0) is 9.59 Å². The molecule has 0 saturated heterocycles. The number of nitrogens with one attached hydrogen (secondary N) is 2. The fourth-order valence-electron chi connectivity index (χ4n) is 2.75. The highest BCUT2D eigenvalue weighted by Gasteiger charge is 2.24. The molecule has 164 valence electrons. The third-order valence-corrected chi connectivity index (χ3v) is 4.87. The number of benzene rings is 2. The highest BCUT2D eigenvalue weighted by Crippen LogP contribution is 2.15. The van der Waals surface area contributed by atoms with Crippen LogP contribution in [0.1, 0.15) is 36.2 Å². The van der Waals surface area contributed by atoms with Crippen LogP contribution in [0.25, 0.3) is 6.08 Å². The maximum atomic E-state index is 12.9. The van der Waals surface area contributed by atoms with E-state index in [-0.39, 0.29) is 18.0 Å². The highest BCUT2D eigenvalue weighted by atomic mass is 79.9. The van der Waals surface area contributed by atoms with E-state index in [4.69, 9.17) is 4.74 Å². The molecule has 2 amide bonds. The molecule has 3 N–H and O–H groups in total. The SMILES string of the molecule is COc1ccc(C(=O)N/C(=C/c2ccc(Br)cc2)C(=O)NC(CC(C)C)C(=O)O)cc1. The largest absolute Gasteiger partial charge is 0.497 e. The predicted molar refractivity (Wildman–Crippen MR) is 122 cm³/mol. The number of methoxy groups -OCH3 is 1. The number of carbonyl (C=O) groups is 3. The van der Waals surface area contributed by atoms with Crippen LogP contribution in [0.3, 0.4) is 0 Å². The van der Waals surface area contributed by atoms with Crippen molar-refractivity contribution in [1.82, 2.24) is 10.6 Å². The minimum atomic E-state index is -1.13. The lowest BCUT2D eigenvalue weighted by molar-refractivity contribution is -0.141. The number of ether oxygens (including phenoxy) is 1. The first-order valence-corrected chi connectivity index (χ1v) is 10.4. The van der Waals surface area contributed by atoms with Gasteiger partial charge in [-0.1, -0.05) is 41.9 Å². The van der Waals surface area contributed by atoms with Gasteiger partial charge in [0.15, 0.2) is 0 Å². The van der Waals surface area contributed by atoms with Gasteiger partial charge in [-0.15, -0.1) is 0 Å². The number of carboxylic acid groups (broad SMARTS) is 1. The van der Waals surface area contributed by atoms with E-state index in [1.165, 1.54) is 13.2 Å². The van der Waals surface area contributed by atoms with Crippen molar-refractivity contribution >= 4 is 39.8 Å². The lowest BCUT2D eigenvalue weighted by Crippen LogP contribution is -2.45. The second-order valence-corrected chi connectivity index (χ2v) is 8.20. The molecule has 7 nitrogen and oxygen atoms in total. The van der Waals surface area contributed by atoms with E-state index >= 15 is 0 Å². The molecule has 2 rings (SSSR count). The van der Waals surface area contributed by atoms with E-state index in [2.05, 4.69) is 26.6 Å². The summed E-state index contributed by atoms with van der Waals surface area (Å²) in [5, 5.41) is 14.5. The Morgan fingerprint density at radius 1 is 1.06 bits per heavy atom. The zero-order valence-electron chi connectivity index (χ0n) is 17.5. The molecular weight excluding hydrogens is 464 g/mol. The number of aliphatic carboxylic acids is 1. The van der Waals surface area contributed by atoms with Crippen molar-refractivity contribution in [2.24, 2.45) is 5.92 Å². The van der Waals surface area contributed by atoms with Gasteiger partial charge < -0.3 is 20.5 Å². The third kappa shape index (κ3) is 7.57. The van der Waals surface area contributed by atoms with Crippen LogP contribution in [-0.4, -0.2) is 36.0 Å². The number of hydrogen-bond donors (Lipinski definition) is 3. The van der Waals surface area contributed by atoms with Gasteiger partial charge in [0.1, 0.15) is 17.5 Å². The molecule has 31 heavy (non-hydrogen) atoms. The lowest BCUT2D eigenvalue weighted by Gasteiger charge is -2.18. The van der Waals surface area contributed by atoms with Crippen LogP contribution in [0, 0.1) is 5.92 Å². The molecular formula is C23H25BrN2O5. The van der Waals surface area contributed by atoms with E-state index in [0.717, 1.165) is 4.47 Å². The van der Waals surface area contributed by atoms with Gasteiger partial charge in [-0.3, -0.25) is 9.59 Å². The molecule has 0 fully saturated rings. The summed E-state index contributed by atoms with van der Waals surface area (Å²) < 4.78 is 5.95. The molecule has 0 aliphatic rings. The third-order valence-electron chi connectivity index (χ3n) is 4.34. The average Bonchev–Trinajstić information content (AvgIpc) is 2.73. The Kier molecular flexibility index (Phi) is 8.81. The summed E-state index contributed by atoms with van der Waals surface area (Å²) in [6.07, 6.45) is 1.76. The minimum absolute atomic E-state index is 0.0573. The molecule has 2 aromatic carbocycles. The Morgan fingerprint density at radius 3 is 2.19 bits per heavy atom. The summed E-state index contributed by atoms with van der Waals surface area (Å²) in [6, 6.07) is 12.5. The fourth-order valence-corrected chi connectivity index (χ4v) is 3.01. The van der Waals surface area contributed by atoms with Crippen molar-refractivity contribution in [3.8, 4) is 5.75 Å². The smallest absolute Gasteiger partial charge is 0.326 e. The summed E-state index contributed by atoms with van der Waals surface area (Å²) in [7, 11) is 1.52. The summed E-state index contributed by atoms with van der Waals surface area (Å²) >= 11 is 3.35. The Hall–Kier alpha value is -3.13. The van der Waals surface area contributed by atoms with Gasteiger partial charge in [0.25, 0.3) is 11.8 Å². The van der Waals surface area contributed by atoms with Crippen molar-refractivity contribution in [1.29, 1.82) is 0 Å². The van der Waals surface area contributed by atoms with E-state index in [1.54, 1.807) is 48.5 Å². The average molecular weight is 489 g/mol. The van der Waals surface area contributed by atoms with Crippen LogP contribution in [0.4, 0.5) is 0 Å². The van der Waals surface area contributed by atoms with Crippen LogP contribution >= 0.6 is 15.9 Å². The number of carbonyl (C=O) groups excluding carboxylic acids is 2. The van der Waals surface area contributed by atoms with Crippen LogP contribution in [0.5, 0.6) is 5.75 Å². The van der Waals surface area contributed by atoms with Crippen molar-refractivity contribution in [2.45, 2.75) is 26.3 Å². The molecule has 0 heterocycles. The standard InChI is InChI=1S/C23H25BrN2O5/c1-14(2)12-20(23(29)30)26-22(28)19(13-15-4-8-17(24)9-5-15)25-21(27)16-6-10-18(31-3)11-7-16/h4-11,13-14,20H,12H2,1-3H3,(H,25,27)(H,26,28)(H,29,30)/b19-13+. The second kappa shape index (κ2) is 11.3. The normalized spacial score (nSPS) is 12.2. The van der Waals surface area contributed by atoms with Crippen LogP contribution in [0.2, 0.25) is 0 Å². The zero-order chi connectivity index (χ0) is 23.0. The summed E-state index contributed by atoms with van der Waals surface area (Å²) in [6.45, 7) is 3.73. The second-order valence-electron chi connectivity index (χ2n) is 7.29. The van der Waals surface area contributed by atoms with Gasteiger partial charge in [0.2, 0.25) is 0 Å². The predicted octanol–water partition coefficient (Wildman–Crippen LogP) is 3.84. The van der Waals surface area contributed by atoms with E-state index in [1.807, 2.05) is 13.8 Å². The quantitative estimate of drug-likeness (QED) is 0.465. The Labute approximate surface area is 189 Å². The summed E-state index contributed by atoms with van der Waals surface area (Å²) in [4.78, 5) is 37.2. The van der Waals surface area contributed by atoms with Crippen molar-refractivity contribution in [3.63, 3.8) is 0 Å². The van der Waals surface area contributed by atoms with Gasteiger partial charge in [0.05, 0.1) is 7.11 Å². The van der Waals surface area contributed by atoms with Gasteiger partial charge in [-0.25, -0.2) is 4.79 Å². The fraction of sp³-hybridized carbons (Fsp3) is 0.261. The molecule has 0 spiro atoms. The first-order valence-electron chi connectivity index (χ1n) is 9.66. The van der Waals surface area contributed by atoms with Crippen molar-refractivity contribution in [2.75, 3.05) is 7.11 Å². The summed E-state index contributed by atoms with van der Waals surface area (Å²) in [5.74, 6) is -1.66. The maximum absolute atomic E-state index is 12.9. The molecule has 0 radical (unpaired) electrons. The van der Waals surface area contributed by atoms with E-state index < -0.39 is 23.8 Å². The minimum Gasteiger partial charge on any atom is -0.497 e. The lowest BCUT2D eigenvalue weighted by atomic mass is 10.0. The molecule has 0 aliphatic heterocycles. The van der Waals surface area contributed by atoms with Gasteiger partial charge in [-0.2, -0.15) is 0 Å². The molecule has 0 saturated carbocycles. The summed E-state index contributed by atoms with van der Waals surface area (Å²) in [5.41, 5.74) is 0.935. The molecule has 1 atom stereocenters. The molecule has 0 aromatic heterocycles. The number of carboxylic acids is 1. The van der Waals surface area contributed by atoms with E-state index in [0.29, 0.717) is 16.9 Å². The van der Waals surface area contributed by atoms with Gasteiger partial charge >= 0.3 is 5.97 Å². The van der Waals surface area contributed by atoms with E-state index in [9.17, 15) is 19.5 Å². The Bertz CT molecular complexity index is 953. The Morgan fingerprint density at radius 2 is 1.68 bits per heavy atom. The van der Waals surface area contributed by atoms with Gasteiger partial charge in [-0.05, 0) is 60.4 Å². The first kappa shape index (κ1) is 24.1. The number of halogens is 1. The molecule has 1 unspecified atom stereocenters. The highest BCUT2D eigenvalue weighted by molar-refractivity contribution is 9.10.